The molecule has 0 aromatic carbocycles. The van der Waals surface area contributed by atoms with E-state index >= 15 is 0 Å². The van der Waals surface area contributed by atoms with Crippen LogP contribution in [-0.4, -0.2) is 35.4 Å². The molecule has 19 heavy (non-hydrogen) atoms. The zero-order valence-electron chi connectivity index (χ0n) is 10.6. The van der Waals surface area contributed by atoms with Crippen molar-refractivity contribution in [3.63, 3.8) is 0 Å². The third kappa shape index (κ3) is 4.00. The quantitative estimate of drug-likeness (QED) is 0.490. The lowest BCUT2D eigenvalue weighted by Crippen LogP contribution is -2.30. The Morgan fingerprint density at radius 1 is 1.42 bits per heavy atom. The summed E-state index contributed by atoms with van der Waals surface area (Å²) >= 11 is 1.17. The first-order valence-electron chi connectivity index (χ1n) is 6.38. The van der Waals surface area contributed by atoms with Gasteiger partial charge in [-0.05, 0) is 18.9 Å². The topological polar surface area (TPSA) is 75.5 Å². The number of nitrogens with zero attached hydrogens (tertiary/aromatic N) is 2. The molecule has 7 heteroatoms. The van der Waals surface area contributed by atoms with Gasteiger partial charge in [0.1, 0.15) is 0 Å². The molecule has 1 aliphatic rings. The van der Waals surface area contributed by atoms with Crippen LogP contribution in [0.15, 0.2) is 12.1 Å². The summed E-state index contributed by atoms with van der Waals surface area (Å²) in [6.45, 7) is 2.96. The van der Waals surface area contributed by atoms with Crippen LogP contribution in [0.3, 0.4) is 0 Å². The maximum absolute atomic E-state index is 11.7. The third-order valence-corrected chi connectivity index (χ3v) is 4.14. The number of amides is 1. The summed E-state index contributed by atoms with van der Waals surface area (Å²) in [6, 6.07) is 3.26. The van der Waals surface area contributed by atoms with Crippen molar-refractivity contribution in [2.24, 2.45) is 0 Å². The Labute approximate surface area is 115 Å². The Kier molecular flexibility index (Phi) is 4.86. The lowest BCUT2D eigenvalue weighted by atomic mass is 10.3. The van der Waals surface area contributed by atoms with Crippen LogP contribution < -0.4 is 5.32 Å². The van der Waals surface area contributed by atoms with Gasteiger partial charge in [0, 0.05) is 43.5 Å². The van der Waals surface area contributed by atoms with Crippen LogP contribution in [0.25, 0.3) is 0 Å². The number of hydrogen-bond acceptors (Lipinski definition) is 5. The van der Waals surface area contributed by atoms with Gasteiger partial charge in [-0.25, -0.2) is 0 Å². The molecule has 0 saturated carbocycles. The number of rotatable bonds is 6. The predicted molar refractivity (Wildman–Crippen MR) is 73.1 cm³/mol. The van der Waals surface area contributed by atoms with Crippen molar-refractivity contribution in [2.75, 3.05) is 19.6 Å². The Balaban J connectivity index is 1.65. The smallest absolute Gasteiger partial charge is 0.324 e. The van der Waals surface area contributed by atoms with Gasteiger partial charge in [-0.1, -0.05) is 11.3 Å². The fourth-order valence-corrected chi connectivity index (χ4v) is 2.88. The highest BCUT2D eigenvalue weighted by Gasteiger charge is 2.17. The van der Waals surface area contributed by atoms with E-state index in [9.17, 15) is 14.9 Å². The van der Waals surface area contributed by atoms with Crippen molar-refractivity contribution in [2.45, 2.75) is 25.8 Å². The van der Waals surface area contributed by atoms with Crippen molar-refractivity contribution >= 4 is 22.2 Å². The average molecular weight is 283 g/mol. The third-order valence-electron chi connectivity index (χ3n) is 3.10. The highest BCUT2D eigenvalue weighted by Crippen LogP contribution is 2.23. The van der Waals surface area contributed by atoms with Crippen LogP contribution in [0.1, 0.15) is 24.1 Å². The number of nitro groups is 1. The van der Waals surface area contributed by atoms with E-state index in [1.165, 1.54) is 17.4 Å². The molecular formula is C12H17N3O3S. The van der Waals surface area contributed by atoms with E-state index in [1.54, 1.807) is 6.07 Å². The van der Waals surface area contributed by atoms with Gasteiger partial charge in [0.15, 0.2) is 0 Å². The summed E-state index contributed by atoms with van der Waals surface area (Å²) in [5.74, 6) is 0.196. The summed E-state index contributed by atoms with van der Waals surface area (Å²) in [6.07, 6.45) is 2.71. The minimum absolute atomic E-state index is 0.157. The van der Waals surface area contributed by atoms with Crippen LogP contribution in [0.4, 0.5) is 5.00 Å². The molecule has 1 amide bonds. The van der Waals surface area contributed by atoms with Gasteiger partial charge in [-0.2, -0.15) is 0 Å². The van der Waals surface area contributed by atoms with Gasteiger partial charge in [0.25, 0.3) is 0 Å². The molecule has 104 valence electrons. The molecule has 0 aliphatic carbocycles. The molecule has 1 N–H and O–H groups in total. The summed E-state index contributed by atoms with van der Waals surface area (Å²) < 4.78 is 0. The first-order chi connectivity index (χ1) is 9.16. The molecule has 0 radical (unpaired) electrons. The van der Waals surface area contributed by atoms with Gasteiger partial charge in [0.2, 0.25) is 5.91 Å². The molecule has 6 nitrogen and oxygen atoms in total. The van der Waals surface area contributed by atoms with E-state index in [1.807, 2.05) is 4.90 Å². The minimum atomic E-state index is -0.384. The first-order valence-corrected chi connectivity index (χ1v) is 7.20. The van der Waals surface area contributed by atoms with Gasteiger partial charge >= 0.3 is 5.00 Å². The average Bonchev–Trinajstić information content (AvgIpc) is 3.05. The molecule has 1 aliphatic heterocycles. The summed E-state index contributed by atoms with van der Waals surface area (Å²) in [5, 5.41) is 13.8. The zero-order valence-corrected chi connectivity index (χ0v) is 11.4. The predicted octanol–water partition coefficient (Wildman–Crippen LogP) is 1.76. The fraction of sp³-hybridized carbons (Fsp3) is 0.583. The monoisotopic (exact) mass is 283 g/mol. The van der Waals surface area contributed by atoms with E-state index in [-0.39, 0.29) is 15.8 Å². The van der Waals surface area contributed by atoms with Crippen LogP contribution >= 0.6 is 11.3 Å². The first kappa shape index (κ1) is 14.0. The van der Waals surface area contributed by atoms with E-state index in [0.29, 0.717) is 19.5 Å². The highest BCUT2D eigenvalue weighted by molar-refractivity contribution is 7.15. The molecule has 1 aromatic rings. The van der Waals surface area contributed by atoms with Crippen molar-refractivity contribution in [3.8, 4) is 0 Å². The molecule has 2 heterocycles. The fourth-order valence-electron chi connectivity index (χ4n) is 2.09. The minimum Gasteiger partial charge on any atom is -0.343 e. The largest absolute Gasteiger partial charge is 0.343 e. The number of likely N-dealkylation sites (tertiary alicyclic amines) is 1. The standard InChI is InChI=1S/C12H17N3O3S/c16-11(14-7-1-2-8-14)5-6-13-9-10-3-4-12(19-10)15(17)18/h3-4,13H,1-2,5-9H2. The van der Waals surface area contributed by atoms with Crippen molar-refractivity contribution in [3.05, 3.63) is 27.1 Å². The molecule has 1 fully saturated rings. The second-order valence-corrected chi connectivity index (χ2v) is 5.66. The number of carbonyl (C=O) groups is 1. The van der Waals surface area contributed by atoms with Gasteiger partial charge in [0.05, 0.1) is 4.92 Å². The summed E-state index contributed by atoms with van der Waals surface area (Å²) in [5.41, 5.74) is 0. The zero-order chi connectivity index (χ0) is 13.7. The van der Waals surface area contributed by atoms with Gasteiger partial charge < -0.3 is 10.2 Å². The molecule has 0 atom stereocenters. The van der Waals surface area contributed by atoms with Gasteiger partial charge in [-0.15, -0.1) is 0 Å². The van der Waals surface area contributed by atoms with Crippen LogP contribution in [0.5, 0.6) is 0 Å². The maximum Gasteiger partial charge on any atom is 0.324 e. The molecule has 1 aromatic heterocycles. The normalized spacial score (nSPS) is 14.8. The highest BCUT2D eigenvalue weighted by atomic mass is 32.1. The van der Waals surface area contributed by atoms with Gasteiger partial charge in [-0.3, -0.25) is 14.9 Å². The number of nitrogens with one attached hydrogen (secondary N) is 1. The summed E-state index contributed by atoms with van der Waals surface area (Å²) in [4.78, 5) is 24.7. The molecule has 0 spiro atoms. The van der Waals surface area contributed by atoms with Crippen LogP contribution in [-0.2, 0) is 11.3 Å². The van der Waals surface area contributed by atoms with Crippen molar-refractivity contribution in [1.82, 2.24) is 10.2 Å². The van der Waals surface area contributed by atoms with E-state index in [0.717, 1.165) is 30.8 Å². The molecule has 2 rings (SSSR count). The second kappa shape index (κ2) is 6.63. The Bertz CT molecular complexity index is 455. The molecule has 0 bridgehead atoms. The number of thiophene rings is 1. The second-order valence-electron chi connectivity index (χ2n) is 4.51. The van der Waals surface area contributed by atoms with Crippen molar-refractivity contribution < 1.29 is 9.72 Å². The Hall–Kier alpha value is -1.47. The molecule has 1 saturated heterocycles. The van der Waals surface area contributed by atoms with E-state index < -0.39 is 0 Å². The van der Waals surface area contributed by atoms with Crippen LogP contribution in [0.2, 0.25) is 0 Å². The van der Waals surface area contributed by atoms with Crippen LogP contribution in [0, 0.1) is 10.1 Å². The molecular weight excluding hydrogens is 266 g/mol. The Morgan fingerprint density at radius 2 is 2.16 bits per heavy atom. The lowest BCUT2D eigenvalue weighted by molar-refractivity contribution is -0.380. The maximum atomic E-state index is 11.7. The summed E-state index contributed by atoms with van der Waals surface area (Å²) in [7, 11) is 0. The number of carbonyl (C=O) groups excluding carboxylic acids is 1. The molecule has 0 unspecified atom stereocenters. The van der Waals surface area contributed by atoms with Crippen molar-refractivity contribution in [1.29, 1.82) is 0 Å². The SMILES string of the molecule is O=C(CCNCc1ccc([N+](=O)[O-])s1)N1CCCC1. The Morgan fingerprint density at radius 3 is 2.79 bits per heavy atom. The lowest BCUT2D eigenvalue weighted by Gasteiger charge is -2.14. The van der Waals surface area contributed by atoms with E-state index in [2.05, 4.69) is 5.32 Å². The number of hydrogen-bond donors (Lipinski definition) is 1. The van der Waals surface area contributed by atoms with E-state index in [4.69, 9.17) is 0 Å².